The first kappa shape index (κ1) is 26.1. The van der Waals surface area contributed by atoms with Crippen molar-refractivity contribution in [1.29, 1.82) is 0 Å². The normalized spacial score (nSPS) is 16.6. The highest BCUT2D eigenvalue weighted by molar-refractivity contribution is 6.31. The van der Waals surface area contributed by atoms with Gasteiger partial charge in [0.25, 0.3) is 5.56 Å². The lowest BCUT2D eigenvalue weighted by Crippen LogP contribution is -2.41. The van der Waals surface area contributed by atoms with Crippen LogP contribution in [0.25, 0.3) is 22.3 Å². The molecule has 3 aromatic rings. The van der Waals surface area contributed by atoms with Gasteiger partial charge in [-0.2, -0.15) is 0 Å². The first-order valence-electron chi connectivity index (χ1n) is 12.4. The van der Waals surface area contributed by atoms with Crippen molar-refractivity contribution in [2.24, 2.45) is 5.92 Å². The minimum Gasteiger partial charge on any atom is -0.370 e. The number of anilines is 1. The maximum absolute atomic E-state index is 13.8. The Morgan fingerprint density at radius 3 is 2.69 bits per heavy atom. The largest absolute Gasteiger partial charge is 0.370 e. The number of carbonyl (C=O) groups is 1. The van der Waals surface area contributed by atoms with Gasteiger partial charge in [0.2, 0.25) is 5.91 Å². The number of carbonyl (C=O) groups excluding carboxylic acids is 1. The maximum Gasteiger partial charge on any atom is 0.262 e. The Balaban J connectivity index is 1.83. The van der Waals surface area contributed by atoms with Gasteiger partial charge in [-0.05, 0) is 69.1 Å². The molecule has 1 fully saturated rings. The Kier molecular flexibility index (Phi) is 7.95. The lowest BCUT2D eigenvalue weighted by Gasteiger charge is -2.28. The fourth-order valence-corrected chi connectivity index (χ4v) is 4.73. The van der Waals surface area contributed by atoms with E-state index in [1.165, 1.54) is 22.8 Å². The number of amides is 1. The number of hydrogen-bond donors (Lipinski definition) is 2. The van der Waals surface area contributed by atoms with Gasteiger partial charge >= 0.3 is 0 Å². The molecular weight excluding hydrogens is 481 g/mol. The van der Waals surface area contributed by atoms with Gasteiger partial charge in [0.1, 0.15) is 18.2 Å². The standard InChI is InChI=1S/C27H33ClFN5O2/c1-16(2)24-14-33(11-5-10-30-24)19-7-9-23-20(13-19)27(36)34(15-25(35)31-17(3)4)26(32-23)18-6-8-22(29)21(28)12-18/h6-9,12-13,16-17,24,30H,5,10-11,14-15H2,1-4H3,(H,31,35)/t24-/m0/s1. The molecule has 192 valence electrons. The topological polar surface area (TPSA) is 79.3 Å². The third-order valence-electron chi connectivity index (χ3n) is 6.47. The van der Waals surface area contributed by atoms with Gasteiger partial charge < -0.3 is 15.5 Å². The molecule has 0 radical (unpaired) electrons. The molecule has 0 unspecified atom stereocenters. The van der Waals surface area contributed by atoms with Crippen LogP contribution in [0.5, 0.6) is 0 Å². The lowest BCUT2D eigenvalue weighted by molar-refractivity contribution is -0.122. The summed E-state index contributed by atoms with van der Waals surface area (Å²) in [5.41, 5.74) is 1.59. The first-order valence-corrected chi connectivity index (χ1v) is 12.8. The van der Waals surface area contributed by atoms with Crippen molar-refractivity contribution in [2.45, 2.75) is 52.7 Å². The molecule has 0 saturated carbocycles. The Labute approximate surface area is 215 Å². The lowest BCUT2D eigenvalue weighted by atomic mass is 10.0. The third kappa shape index (κ3) is 5.71. The van der Waals surface area contributed by atoms with Crippen LogP contribution in [-0.2, 0) is 11.3 Å². The molecule has 0 spiro atoms. The van der Waals surface area contributed by atoms with Crippen molar-refractivity contribution >= 4 is 34.1 Å². The molecular formula is C27H33ClFN5O2. The summed E-state index contributed by atoms with van der Waals surface area (Å²) in [5.74, 6) is -0.129. The molecule has 2 N–H and O–H groups in total. The number of nitrogens with one attached hydrogen (secondary N) is 2. The SMILES string of the molecule is CC(C)NC(=O)Cn1c(-c2ccc(F)c(Cl)c2)nc2ccc(N3CCCN[C@H](C(C)C)C3)cc2c1=O. The molecule has 2 heterocycles. The molecule has 0 bridgehead atoms. The molecule has 1 aromatic heterocycles. The van der Waals surface area contributed by atoms with Gasteiger partial charge in [0, 0.05) is 36.4 Å². The number of fused-ring (bicyclic) bond motifs is 1. The summed E-state index contributed by atoms with van der Waals surface area (Å²) in [6, 6.07) is 10.1. The molecule has 1 aliphatic heterocycles. The number of nitrogens with zero attached hydrogens (tertiary/aromatic N) is 3. The summed E-state index contributed by atoms with van der Waals surface area (Å²) in [5, 5.41) is 6.78. The smallest absolute Gasteiger partial charge is 0.262 e. The van der Waals surface area contributed by atoms with Gasteiger partial charge in [0.05, 0.1) is 15.9 Å². The molecule has 7 nitrogen and oxygen atoms in total. The van der Waals surface area contributed by atoms with Crippen LogP contribution in [0.15, 0.2) is 41.2 Å². The highest BCUT2D eigenvalue weighted by atomic mass is 35.5. The fraction of sp³-hybridized carbons (Fsp3) is 0.444. The van der Waals surface area contributed by atoms with Crippen LogP contribution in [0.3, 0.4) is 0 Å². The van der Waals surface area contributed by atoms with E-state index >= 15 is 0 Å². The summed E-state index contributed by atoms with van der Waals surface area (Å²) in [6.45, 7) is 10.6. The van der Waals surface area contributed by atoms with Crippen LogP contribution in [0.4, 0.5) is 10.1 Å². The molecule has 9 heteroatoms. The summed E-state index contributed by atoms with van der Waals surface area (Å²) >= 11 is 6.02. The third-order valence-corrected chi connectivity index (χ3v) is 6.75. The van der Waals surface area contributed by atoms with E-state index in [-0.39, 0.29) is 34.9 Å². The van der Waals surface area contributed by atoms with Gasteiger partial charge in [-0.1, -0.05) is 25.4 Å². The van der Waals surface area contributed by atoms with Crippen LogP contribution in [0, 0.1) is 11.7 Å². The second-order valence-corrected chi connectivity index (χ2v) is 10.4. The van der Waals surface area contributed by atoms with E-state index in [4.69, 9.17) is 16.6 Å². The van der Waals surface area contributed by atoms with Crippen molar-refractivity contribution in [3.05, 3.63) is 57.6 Å². The minimum absolute atomic E-state index is 0.0788. The molecule has 1 amide bonds. The minimum atomic E-state index is -0.566. The molecule has 4 rings (SSSR count). The quantitative estimate of drug-likeness (QED) is 0.516. The van der Waals surface area contributed by atoms with Crippen LogP contribution in [0.1, 0.15) is 34.1 Å². The molecule has 1 saturated heterocycles. The number of halogens is 2. The second-order valence-electron chi connectivity index (χ2n) is 9.98. The van der Waals surface area contributed by atoms with Crippen molar-refractivity contribution in [1.82, 2.24) is 20.2 Å². The van der Waals surface area contributed by atoms with E-state index in [9.17, 15) is 14.0 Å². The molecule has 1 aliphatic rings. The number of hydrogen-bond acceptors (Lipinski definition) is 5. The zero-order valence-electron chi connectivity index (χ0n) is 21.1. The van der Waals surface area contributed by atoms with Crippen molar-refractivity contribution < 1.29 is 9.18 Å². The first-order chi connectivity index (χ1) is 17.1. The summed E-state index contributed by atoms with van der Waals surface area (Å²) in [4.78, 5) is 33.5. The van der Waals surface area contributed by atoms with Crippen molar-refractivity contribution in [2.75, 3.05) is 24.5 Å². The Bertz CT molecular complexity index is 1320. The van der Waals surface area contributed by atoms with Crippen molar-refractivity contribution in [3.8, 4) is 11.4 Å². The summed E-state index contributed by atoms with van der Waals surface area (Å²) in [6.07, 6.45) is 1.00. The molecule has 0 aliphatic carbocycles. The predicted molar refractivity (Wildman–Crippen MR) is 143 cm³/mol. The second kappa shape index (κ2) is 11.0. The highest BCUT2D eigenvalue weighted by Gasteiger charge is 2.22. The van der Waals surface area contributed by atoms with E-state index in [0.29, 0.717) is 28.4 Å². The average Bonchev–Trinajstić information content (AvgIpc) is 3.08. The number of rotatable bonds is 6. The van der Waals surface area contributed by atoms with Crippen LogP contribution >= 0.6 is 11.6 Å². The monoisotopic (exact) mass is 513 g/mol. The van der Waals surface area contributed by atoms with Gasteiger partial charge in [0.15, 0.2) is 0 Å². The Morgan fingerprint density at radius 2 is 2.00 bits per heavy atom. The van der Waals surface area contributed by atoms with E-state index in [0.717, 1.165) is 31.7 Å². The van der Waals surface area contributed by atoms with Gasteiger partial charge in [-0.25, -0.2) is 9.37 Å². The summed E-state index contributed by atoms with van der Waals surface area (Å²) < 4.78 is 15.2. The van der Waals surface area contributed by atoms with E-state index < -0.39 is 5.82 Å². The molecule has 1 atom stereocenters. The Hall–Kier alpha value is -2.97. The van der Waals surface area contributed by atoms with Gasteiger partial charge in [-0.15, -0.1) is 0 Å². The van der Waals surface area contributed by atoms with Crippen LogP contribution in [-0.4, -0.2) is 47.2 Å². The Morgan fingerprint density at radius 1 is 1.22 bits per heavy atom. The summed E-state index contributed by atoms with van der Waals surface area (Å²) in [7, 11) is 0. The van der Waals surface area contributed by atoms with E-state index in [1.807, 2.05) is 32.0 Å². The highest BCUT2D eigenvalue weighted by Crippen LogP contribution is 2.27. The van der Waals surface area contributed by atoms with Gasteiger partial charge in [-0.3, -0.25) is 14.2 Å². The number of aromatic nitrogens is 2. The zero-order valence-corrected chi connectivity index (χ0v) is 21.9. The molecule has 2 aromatic carbocycles. The van der Waals surface area contributed by atoms with Crippen LogP contribution < -0.4 is 21.1 Å². The zero-order chi connectivity index (χ0) is 26.0. The average molecular weight is 514 g/mol. The number of benzene rings is 2. The van der Waals surface area contributed by atoms with E-state index in [1.54, 1.807) is 0 Å². The van der Waals surface area contributed by atoms with Crippen molar-refractivity contribution in [3.63, 3.8) is 0 Å². The predicted octanol–water partition coefficient (Wildman–Crippen LogP) is 4.20. The fourth-order valence-electron chi connectivity index (χ4n) is 4.55. The maximum atomic E-state index is 13.8. The molecule has 36 heavy (non-hydrogen) atoms. The van der Waals surface area contributed by atoms with Crippen LogP contribution in [0.2, 0.25) is 5.02 Å². The van der Waals surface area contributed by atoms with E-state index in [2.05, 4.69) is 29.4 Å².